The average Bonchev–Trinajstić information content (AvgIpc) is 3.04. The highest BCUT2D eigenvalue weighted by Gasteiger charge is 2.27. The Bertz CT molecular complexity index is 1740. The first kappa shape index (κ1) is 34.2. The smallest absolute Gasteiger partial charge is 0.264 e. The molecule has 9 nitrogen and oxygen atoms in total. The van der Waals surface area contributed by atoms with Gasteiger partial charge in [0.2, 0.25) is 0 Å². The Hall–Kier alpha value is -3.71. The first-order chi connectivity index (χ1) is 21.6. The number of rotatable bonds is 14. The number of anilines is 1. The molecule has 236 valence electrons. The number of hydrazone groups is 1. The molecule has 0 bridgehead atoms. The quantitative estimate of drug-likeness (QED) is 0.0834. The van der Waals surface area contributed by atoms with E-state index >= 15 is 0 Å². The first-order valence-electron chi connectivity index (χ1n) is 13.6. The normalized spacial score (nSPS) is 11.3. The van der Waals surface area contributed by atoms with E-state index in [1.165, 1.54) is 37.2 Å². The fourth-order valence-electron chi connectivity index (χ4n) is 4.10. The van der Waals surface area contributed by atoms with Gasteiger partial charge in [0.15, 0.2) is 11.5 Å². The molecule has 0 spiro atoms. The van der Waals surface area contributed by atoms with E-state index < -0.39 is 22.5 Å². The van der Waals surface area contributed by atoms with Crippen LogP contribution in [0.3, 0.4) is 0 Å². The second kappa shape index (κ2) is 16.0. The molecule has 0 aliphatic rings. The van der Waals surface area contributed by atoms with Gasteiger partial charge in [-0.05, 0) is 113 Å². The molecular formula is C32H31BrClN3O6S2. The zero-order valence-electron chi connectivity index (χ0n) is 24.7. The highest BCUT2D eigenvalue weighted by molar-refractivity contribution is 9.10. The van der Waals surface area contributed by atoms with Crippen molar-refractivity contribution in [1.29, 1.82) is 0 Å². The molecule has 0 fully saturated rings. The van der Waals surface area contributed by atoms with Crippen LogP contribution in [-0.4, -0.2) is 47.1 Å². The summed E-state index contributed by atoms with van der Waals surface area (Å²) in [6.07, 6.45) is 3.32. The van der Waals surface area contributed by atoms with Crippen LogP contribution in [0.5, 0.6) is 17.2 Å². The van der Waals surface area contributed by atoms with Crippen LogP contribution in [-0.2, 0) is 21.4 Å². The van der Waals surface area contributed by atoms with Crippen LogP contribution >= 0.6 is 39.3 Å². The first-order valence-corrected chi connectivity index (χ1v) is 17.4. The molecule has 4 aromatic rings. The van der Waals surface area contributed by atoms with Crippen molar-refractivity contribution < 1.29 is 27.4 Å². The van der Waals surface area contributed by atoms with Crippen LogP contribution in [0.25, 0.3) is 0 Å². The predicted molar refractivity (Wildman–Crippen MR) is 183 cm³/mol. The van der Waals surface area contributed by atoms with Crippen LogP contribution in [0.1, 0.15) is 18.1 Å². The minimum absolute atomic E-state index is 0.0563. The van der Waals surface area contributed by atoms with Crippen molar-refractivity contribution in [2.75, 3.05) is 30.8 Å². The van der Waals surface area contributed by atoms with Crippen molar-refractivity contribution in [2.24, 2.45) is 5.10 Å². The third kappa shape index (κ3) is 9.16. The zero-order chi connectivity index (χ0) is 32.4. The van der Waals surface area contributed by atoms with Crippen molar-refractivity contribution >= 4 is 67.1 Å². The van der Waals surface area contributed by atoms with Gasteiger partial charge in [-0.25, -0.2) is 13.8 Å². The molecule has 1 amide bonds. The number of benzene rings is 4. The van der Waals surface area contributed by atoms with Crippen LogP contribution in [0, 0.1) is 0 Å². The molecule has 4 rings (SSSR count). The van der Waals surface area contributed by atoms with Gasteiger partial charge in [-0.1, -0.05) is 23.7 Å². The van der Waals surface area contributed by atoms with E-state index in [1.807, 2.05) is 25.3 Å². The van der Waals surface area contributed by atoms with Crippen LogP contribution in [0.15, 0.2) is 104 Å². The van der Waals surface area contributed by atoms with Gasteiger partial charge < -0.3 is 14.2 Å². The number of methoxy groups -OCH3 is 1. The van der Waals surface area contributed by atoms with Crippen molar-refractivity contribution in [2.45, 2.75) is 23.3 Å². The van der Waals surface area contributed by atoms with Gasteiger partial charge in [0.25, 0.3) is 15.9 Å². The number of halogens is 2. The Morgan fingerprint density at radius 2 is 1.71 bits per heavy atom. The molecule has 1 N–H and O–H groups in total. The van der Waals surface area contributed by atoms with Gasteiger partial charge >= 0.3 is 0 Å². The number of thioether (sulfide) groups is 1. The van der Waals surface area contributed by atoms with E-state index in [1.54, 1.807) is 60.7 Å². The van der Waals surface area contributed by atoms with Crippen LogP contribution in [0.4, 0.5) is 5.69 Å². The van der Waals surface area contributed by atoms with Gasteiger partial charge in [0.1, 0.15) is 18.9 Å². The van der Waals surface area contributed by atoms with Crippen LogP contribution < -0.4 is 23.9 Å². The Morgan fingerprint density at radius 1 is 1.02 bits per heavy atom. The minimum atomic E-state index is -4.10. The lowest BCUT2D eigenvalue weighted by molar-refractivity contribution is -0.119. The summed E-state index contributed by atoms with van der Waals surface area (Å²) in [6.45, 7) is 2.10. The highest BCUT2D eigenvalue weighted by atomic mass is 79.9. The largest absolute Gasteiger partial charge is 0.494 e. The summed E-state index contributed by atoms with van der Waals surface area (Å²) >= 11 is 11.0. The van der Waals surface area contributed by atoms with Gasteiger partial charge in [-0.3, -0.25) is 9.10 Å². The molecule has 4 aromatic carbocycles. The Balaban J connectivity index is 1.49. The van der Waals surface area contributed by atoms with Crippen molar-refractivity contribution in [3.8, 4) is 17.2 Å². The van der Waals surface area contributed by atoms with Gasteiger partial charge in [-0.15, -0.1) is 11.8 Å². The number of hydrogen-bond acceptors (Lipinski definition) is 8. The SMILES string of the molecule is CCOc1ccc(N(CC(=O)N/N=C\c2cc(Br)c(OCc3ccc(Cl)cc3)c(OC)c2)S(=O)(=O)c2ccc(SC)cc2)cc1. The predicted octanol–water partition coefficient (Wildman–Crippen LogP) is 7.16. The van der Waals surface area contributed by atoms with Gasteiger partial charge in [0, 0.05) is 9.92 Å². The number of carbonyl (C=O) groups excluding carboxylic acids is 1. The molecule has 13 heteroatoms. The van der Waals surface area contributed by atoms with E-state index in [2.05, 4.69) is 26.5 Å². The summed E-state index contributed by atoms with van der Waals surface area (Å²) in [7, 11) is -2.58. The summed E-state index contributed by atoms with van der Waals surface area (Å²) in [5.41, 5.74) is 4.26. The summed E-state index contributed by atoms with van der Waals surface area (Å²) < 4.78 is 46.0. The standard InChI is InChI=1S/C32H31BrClN3O6S2/c1-4-42-26-11-9-25(10-12-26)37(45(39,40)28-15-13-27(44-3)14-16-28)20-31(38)36-35-19-23-17-29(33)32(30(18-23)41-2)43-21-22-5-7-24(34)8-6-22/h5-19H,4,20-21H2,1-3H3,(H,36,38)/b35-19-. The number of hydrogen-bond donors (Lipinski definition) is 1. The second-order valence-electron chi connectivity index (χ2n) is 9.36. The lowest BCUT2D eigenvalue weighted by Gasteiger charge is -2.24. The summed E-state index contributed by atoms with van der Waals surface area (Å²) in [6, 6.07) is 23.8. The van der Waals surface area contributed by atoms with E-state index in [4.69, 9.17) is 25.8 Å². The number of nitrogens with zero attached hydrogens (tertiary/aromatic N) is 2. The maximum atomic E-state index is 13.7. The zero-order valence-corrected chi connectivity index (χ0v) is 28.7. The lowest BCUT2D eigenvalue weighted by Crippen LogP contribution is -2.39. The molecule has 0 atom stereocenters. The fraction of sp³-hybridized carbons (Fsp3) is 0.188. The number of carbonyl (C=O) groups is 1. The van der Waals surface area contributed by atoms with Crippen molar-refractivity contribution in [1.82, 2.24) is 5.43 Å². The molecular weight excluding hydrogens is 702 g/mol. The molecule has 0 aliphatic heterocycles. The fourth-order valence-corrected chi connectivity index (χ4v) is 6.63. The number of amides is 1. The topological polar surface area (TPSA) is 107 Å². The molecule has 0 heterocycles. The maximum absolute atomic E-state index is 13.7. The number of nitrogens with one attached hydrogen (secondary N) is 1. The highest BCUT2D eigenvalue weighted by Crippen LogP contribution is 2.37. The van der Waals surface area contributed by atoms with E-state index in [0.717, 1.165) is 14.8 Å². The van der Waals surface area contributed by atoms with Crippen LogP contribution in [0.2, 0.25) is 5.02 Å². The second-order valence-corrected chi connectivity index (χ2v) is 13.4. The van der Waals surface area contributed by atoms with Gasteiger partial charge in [-0.2, -0.15) is 5.10 Å². The molecule has 0 radical (unpaired) electrons. The third-order valence-corrected chi connectivity index (χ3v) is 9.69. The number of ether oxygens (including phenoxy) is 3. The van der Waals surface area contributed by atoms with E-state index in [9.17, 15) is 13.2 Å². The average molecular weight is 733 g/mol. The van der Waals surface area contributed by atoms with Crippen molar-refractivity contribution in [3.63, 3.8) is 0 Å². The summed E-state index contributed by atoms with van der Waals surface area (Å²) in [5, 5.41) is 4.69. The lowest BCUT2D eigenvalue weighted by atomic mass is 10.2. The summed E-state index contributed by atoms with van der Waals surface area (Å²) in [5.74, 6) is 0.889. The van der Waals surface area contributed by atoms with Gasteiger partial charge in [0.05, 0.1) is 35.0 Å². The minimum Gasteiger partial charge on any atom is -0.494 e. The Kier molecular flexibility index (Phi) is 12.2. The van der Waals surface area contributed by atoms with Crippen molar-refractivity contribution in [3.05, 3.63) is 106 Å². The molecule has 0 saturated heterocycles. The molecule has 0 aromatic heterocycles. The Morgan fingerprint density at radius 3 is 2.33 bits per heavy atom. The Labute approximate surface area is 280 Å². The molecule has 0 unspecified atom stereocenters. The van der Waals surface area contributed by atoms with E-state index in [0.29, 0.717) is 51.2 Å². The van der Waals surface area contributed by atoms with E-state index in [-0.39, 0.29) is 4.90 Å². The molecule has 0 aliphatic carbocycles. The third-order valence-electron chi connectivity index (χ3n) is 6.32. The maximum Gasteiger partial charge on any atom is 0.264 e. The number of sulfonamides is 1. The summed E-state index contributed by atoms with van der Waals surface area (Å²) in [4.78, 5) is 14.0. The molecule has 45 heavy (non-hydrogen) atoms. The monoisotopic (exact) mass is 731 g/mol. The molecule has 0 saturated carbocycles.